The minimum Gasteiger partial charge on any atom is -0.497 e. The van der Waals surface area contributed by atoms with Gasteiger partial charge in [-0.1, -0.05) is 35.3 Å². The number of para-hydroxylation sites is 1. The molecule has 2 aromatic heterocycles. The molecule has 6 nitrogen and oxygen atoms in total. The molecule has 5 rings (SSSR count). The minimum absolute atomic E-state index is 0.395. The number of ether oxygens (including phenoxy) is 1. The summed E-state index contributed by atoms with van der Waals surface area (Å²) >= 11 is 12.7. The van der Waals surface area contributed by atoms with Gasteiger partial charge in [-0.15, -0.1) is 0 Å². The van der Waals surface area contributed by atoms with Crippen molar-refractivity contribution in [3.05, 3.63) is 88.5 Å². The quantitative estimate of drug-likeness (QED) is 0.318. The molecule has 0 aliphatic carbocycles. The highest BCUT2D eigenvalue weighted by Crippen LogP contribution is 2.30. The maximum Gasteiger partial charge on any atom is 0.157 e. The number of nitrogens with one attached hydrogen (secondary N) is 1. The Morgan fingerprint density at radius 3 is 2.56 bits per heavy atom. The van der Waals surface area contributed by atoms with Crippen molar-refractivity contribution in [1.82, 2.24) is 9.97 Å². The standard InChI is InChI=1S/C24H16Cl2N4O2/c1-31-16-8-6-14(7-9-16)22-12-21(18-10-15(25)11-19(26)23(18)32-22)29-30-24-17-4-2-3-5-20(17)27-13-28-24/h2-13H,1H3,(H,27,28,30)/b29-21+. The number of fused-ring (bicyclic) bond motifs is 2. The second-order valence-corrected chi connectivity index (χ2v) is 7.80. The molecular weight excluding hydrogens is 447 g/mol. The summed E-state index contributed by atoms with van der Waals surface area (Å²) in [6.07, 6.45) is 1.50. The van der Waals surface area contributed by atoms with Crippen LogP contribution < -0.4 is 15.5 Å². The third kappa shape index (κ3) is 3.86. The molecule has 5 aromatic rings. The lowest BCUT2D eigenvalue weighted by Crippen LogP contribution is -2.08. The average Bonchev–Trinajstić information content (AvgIpc) is 2.82. The molecule has 0 fully saturated rings. The highest BCUT2D eigenvalue weighted by molar-refractivity contribution is 6.38. The van der Waals surface area contributed by atoms with Crippen LogP contribution in [0.5, 0.6) is 5.75 Å². The van der Waals surface area contributed by atoms with E-state index in [9.17, 15) is 0 Å². The summed E-state index contributed by atoms with van der Waals surface area (Å²) < 4.78 is 11.4. The topological polar surface area (TPSA) is 72.5 Å². The highest BCUT2D eigenvalue weighted by atomic mass is 35.5. The van der Waals surface area contributed by atoms with Gasteiger partial charge < -0.3 is 9.15 Å². The first kappa shape index (κ1) is 20.3. The van der Waals surface area contributed by atoms with Gasteiger partial charge in [0, 0.05) is 27.4 Å². The number of benzene rings is 3. The molecule has 1 N–H and O–H groups in total. The lowest BCUT2D eigenvalue weighted by molar-refractivity contribution is 0.415. The molecule has 0 radical (unpaired) electrons. The van der Waals surface area contributed by atoms with Gasteiger partial charge in [-0.25, -0.2) is 9.97 Å². The molecule has 0 atom stereocenters. The van der Waals surface area contributed by atoms with Gasteiger partial charge in [-0.3, -0.25) is 5.43 Å². The van der Waals surface area contributed by atoms with Crippen molar-refractivity contribution < 1.29 is 9.15 Å². The van der Waals surface area contributed by atoms with Crippen LogP contribution in [0.4, 0.5) is 5.82 Å². The number of hydrogen-bond acceptors (Lipinski definition) is 6. The summed E-state index contributed by atoms with van der Waals surface area (Å²) in [5.41, 5.74) is 5.21. The molecule has 0 spiro atoms. The third-order valence-corrected chi connectivity index (χ3v) is 5.46. The first-order valence-corrected chi connectivity index (χ1v) is 10.4. The van der Waals surface area contributed by atoms with Gasteiger partial charge in [0.15, 0.2) is 11.4 Å². The Labute approximate surface area is 193 Å². The molecule has 8 heteroatoms. The monoisotopic (exact) mass is 462 g/mol. The highest BCUT2D eigenvalue weighted by Gasteiger charge is 2.11. The predicted octanol–water partition coefficient (Wildman–Crippen LogP) is 6.29. The van der Waals surface area contributed by atoms with Gasteiger partial charge in [0.05, 0.1) is 23.0 Å². The number of nitrogens with zero attached hydrogens (tertiary/aromatic N) is 3. The molecular formula is C24H16Cl2N4O2. The summed E-state index contributed by atoms with van der Waals surface area (Å²) in [4.78, 5) is 8.62. The van der Waals surface area contributed by atoms with Gasteiger partial charge in [0.1, 0.15) is 17.8 Å². The fourth-order valence-corrected chi connectivity index (χ4v) is 3.92. The van der Waals surface area contributed by atoms with Crippen LogP contribution in [0, 0.1) is 0 Å². The maximum absolute atomic E-state index is 6.46. The van der Waals surface area contributed by atoms with Crippen LogP contribution in [0.3, 0.4) is 0 Å². The number of methoxy groups -OCH3 is 1. The Morgan fingerprint density at radius 1 is 0.938 bits per heavy atom. The lowest BCUT2D eigenvalue weighted by Gasteiger charge is -2.08. The zero-order valence-corrected chi connectivity index (χ0v) is 18.4. The summed E-state index contributed by atoms with van der Waals surface area (Å²) in [6, 6.07) is 20.5. The van der Waals surface area contributed by atoms with E-state index in [0.717, 1.165) is 22.2 Å². The largest absolute Gasteiger partial charge is 0.497 e. The molecule has 0 bridgehead atoms. The van der Waals surface area contributed by atoms with E-state index in [1.54, 1.807) is 19.2 Å². The summed E-state index contributed by atoms with van der Waals surface area (Å²) in [5, 5.41) is 7.62. The molecule has 0 amide bonds. The summed E-state index contributed by atoms with van der Waals surface area (Å²) in [6.45, 7) is 0. The third-order valence-electron chi connectivity index (χ3n) is 4.96. The Hall–Kier alpha value is -3.61. The van der Waals surface area contributed by atoms with E-state index in [2.05, 4.69) is 20.5 Å². The van der Waals surface area contributed by atoms with Crippen molar-refractivity contribution >= 4 is 50.9 Å². The number of hydrogen-bond donors (Lipinski definition) is 1. The first-order valence-electron chi connectivity index (χ1n) is 9.69. The molecule has 0 aliphatic rings. The summed E-state index contributed by atoms with van der Waals surface area (Å²) in [5.74, 6) is 1.93. The molecule has 3 aromatic carbocycles. The molecule has 2 heterocycles. The van der Waals surface area contributed by atoms with Crippen molar-refractivity contribution in [3.8, 4) is 17.1 Å². The van der Waals surface area contributed by atoms with E-state index in [4.69, 9.17) is 32.4 Å². The van der Waals surface area contributed by atoms with Crippen molar-refractivity contribution in [2.45, 2.75) is 0 Å². The minimum atomic E-state index is 0.395. The van der Waals surface area contributed by atoms with Gasteiger partial charge in [0.2, 0.25) is 0 Å². The fourth-order valence-electron chi connectivity index (χ4n) is 3.39. The predicted molar refractivity (Wildman–Crippen MR) is 127 cm³/mol. The lowest BCUT2D eigenvalue weighted by atomic mass is 10.1. The van der Waals surface area contributed by atoms with Crippen molar-refractivity contribution in [2.24, 2.45) is 5.10 Å². The van der Waals surface area contributed by atoms with E-state index in [1.807, 2.05) is 54.6 Å². The Kier molecular flexibility index (Phi) is 5.39. The normalized spacial score (nSPS) is 11.8. The van der Waals surface area contributed by atoms with Gasteiger partial charge in [-0.05, 0) is 48.5 Å². The Balaban J connectivity index is 1.69. The SMILES string of the molecule is COc1ccc(-c2c/c(=N\Nc3ncnc4ccccc34)c3cc(Cl)cc(Cl)c3o2)cc1. The number of anilines is 1. The maximum atomic E-state index is 6.46. The van der Waals surface area contributed by atoms with Gasteiger partial charge in [0.25, 0.3) is 0 Å². The van der Waals surface area contributed by atoms with Crippen LogP contribution in [0.25, 0.3) is 33.2 Å². The zero-order valence-electron chi connectivity index (χ0n) is 16.8. The second kappa shape index (κ2) is 8.49. The Morgan fingerprint density at radius 2 is 1.75 bits per heavy atom. The van der Waals surface area contributed by atoms with Crippen LogP contribution in [-0.2, 0) is 0 Å². The molecule has 0 unspecified atom stereocenters. The van der Waals surface area contributed by atoms with Crippen molar-refractivity contribution in [3.63, 3.8) is 0 Å². The van der Waals surface area contributed by atoms with E-state index >= 15 is 0 Å². The fraction of sp³-hybridized carbons (Fsp3) is 0.0417. The first-order chi connectivity index (χ1) is 15.6. The molecule has 0 aliphatic heterocycles. The number of aromatic nitrogens is 2. The Bertz CT molecular complexity index is 1510. The average molecular weight is 463 g/mol. The van der Waals surface area contributed by atoms with Gasteiger partial charge >= 0.3 is 0 Å². The van der Waals surface area contributed by atoms with Crippen molar-refractivity contribution in [2.75, 3.05) is 12.5 Å². The van der Waals surface area contributed by atoms with E-state index in [-0.39, 0.29) is 0 Å². The molecule has 32 heavy (non-hydrogen) atoms. The summed E-state index contributed by atoms with van der Waals surface area (Å²) in [7, 11) is 1.62. The van der Waals surface area contributed by atoms with E-state index in [1.165, 1.54) is 6.33 Å². The molecule has 158 valence electrons. The number of halogens is 2. The number of rotatable bonds is 4. The molecule has 0 saturated heterocycles. The zero-order chi connectivity index (χ0) is 22.1. The van der Waals surface area contributed by atoms with Crippen molar-refractivity contribution in [1.29, 1.82) is 0 Å². The molecule has 0 saturated carbocycles. The van der Waals surface area contributed by atoms with Crippen LogP contribution in [0.15, 0.2) is 82.6 Å². The van der Waals surface area contributed by atoms with Crippen LogP contribution in [0.1, 0.15) is 0 Å². The van der Waals surface area contributed by atoms with Crippen LogP contribution >= 0.6 is 23.2 Å². The van der Waals surface area contributed by atoms with E-state index < -0.39 is 0 Å². The van der Waals surface area contributed by atoms with Crippen LogP contribution in [-0.4, -0.2) is 17.1 Å². The van der Waals surface area contributed by atoms with E-state index in [0.29, 0.717) is 37.9 Å². The smallest absolute Gasteiger partial charge is 0.157 e. The van der Waals surface area contributed by atoms with Gasteiger partial charge in [-0.2, -0.15) is 5.10 Å². The van der Waals surface area contributed by atoms with Crippen LogP contribution in [0.2, 0.25) is 10.0 Å². The second-order valence-electron chi connectivity index (χ2n) is 6.95.